The summed E-state index contributed by atoms with van der Waals surface area (Å²) in [5.74, 6) is 1.55. The van der Waals surface area contributed by atoms with Gasteiger partial charge in [0.1, 0.15) is 35.6 Å². The van der Waals surface area contributed by atoms with Crippen LogP contribution in [0.25, 0.3) is 10.9 Å². The van der Waals surface area contributed by atoms with Crippen molar-refractivity contribution in [2.75, 3.05) is 25.5 Å². The van der Waals surface area contributed by atoms with Crippen molar-refractivity contribution in [3.63, 3.8) is 0 Å². The van der Waals surface area contributed by atoms with Gasteiger partial charge in [-0.05, 0) is 56.3 Å². The minimum absolute atomic E-state index is 0.0852. The number of carbonyl (C=O) groups excluding carboxylic acids is 1. The van der Waals surface area contributed by atoms with E-state index in [4.69, 9.17) is 25.8 Å². The maximum Gasteiger partial charge on any atom is 0.245 e. The Balaban J connectivity index is 1.44. The van der Waals surface area contributed by atoms with Crippen LogP contribution in [0.15, 0.2) is 67.5 Å². The van der Waals surface area contributed by atoms with Crippen LogP contribution in [0.5, 0.6) is 23.0 Å². The number of carbonyl (C=O) groups is 1. The summed E-state index contributed by atoms with van der Waals surface area (Å²) in [7, 11) is 1.57. The van der Waals surface area contributed by atoms with Gasteiger partial charge in [-0.1, -0.05) is 18.2 Å². The third kappa shape index (κ3) is 6.98. The van der Waals surface area contributed by atoms with Gasteiger partial charge >= 0.3 is 0 Å². The van der Waals surface area contributed by atoms with Gasteiger partial charge in [-0.3, -0.25) is 4.79 Å². The van der Waals surface area contributed by atoms with Crippen molar-refractivity contribution >= 4 is 39.9 Å². The van der Waals surface area contributed by atoms with E-state index < -0.39 is 11.4 Å². The van der Waals surface area contributed by atoms with Crippen LogP contribution in [0.2, 0.25) is 5.02 Å². The first-order valence-electron chi connectivity index (χ1n) is 13.7. The second-order valence-electron chi connectivity index (χ2n) is 10.7. The Labute approximate surface area is 253 Å². The maximum absolute atomic E-state index is 13.8. The van der Waals surface area contributed by atoms with Crippen LogP contribution in [0, 0.1) is 5.82 Å². The number of methoxy groups -OCH3 is 1. The van der Waals surface area contributed by atoms with E-state index in [2.05, 4.69) is 21.9 Å². The number of aliphatic hydroxyl groups is 1. The first kappa shape index (κ1) is 30.1. The number of nitrogens with zero attached hydrogens (tertiary/aromatic N) is 3. The number of benzene rings is 3. The van der Waals surface area contributed by atoms with Crippen molar-refractivity contribution in [2.24, 2.45) is 0 Å². The third-order valence-electron chi connectivity index (χ3n) is 7.12. The van der Waals surface area contributed by atoms with Crippen LogP contribution in [0.4, 0.5) is 15.9 Å². The molecule has 5 rings (SSSR count). The maximum atomic E-state index is 13.8. The van der Waals surface area contributed by atoms with Gasteiger partial charge < -0.3 is 29.5 Å². The van der Waals surface area contributed by atoms with Gasteiger partial charge in [0.25, 0.3) is 0 Å². The molecule has 2 N–H and O–H groups in total. The summed E-state index contributed by atoms with van der Waals surface area (Å²) in [6.07, 6.45) is 3.99. The molecule has 0 bridgehead atoms. The summed E-state index contributed by atoms with van der Waals surface area (Å²) in [5.41, 5.74) is 0.448. The molecule has 1 aliphatic heterocycles. The minimum Gasteiger partial charge on any atom is -0.493 e. The number of rotatable bonds is 9. The van der Waals surface area contributed by atoms with Crippen LogP contribution >= 0.6 is 11.6 Å². The second-order valence-corrected chi connectivity index (χ2v) is 11.1. The zero-order valence-electron chi connectivity index (χ0n) is 24.1. The van der Waals surface area contributed by atoms with E-state index in [-0.39, 0.29) is 22.8 Å². The van der Waals surface area contributed by atoms with Gasteiger partial charge in [-0.25, -0.2) is 14.4 Å². The van der Waals surface area contributed by atoms with E-state index >= 15 is 0 Å². The molecule has 0 radical (unpaired) electrons. The van der Waals surface area contributed by atoms with Gasteiger partial charge in [0.15, 0.2) is 11.5 Å². The van der Waals surface area contributed by atoms with Crippen LogP contribution in [-0.4, -0.2) is 52.2 Å². The van der Waals surface area contributed by atoms with Crippen molar-refractivity contribution < 1.29 is 28.5 Å². The lowest BCUT2D eigenvalue weighted by atomic mass is 9.96. The number of anilines is 2. The van der Waals surface area contributed by atoms with Crippen molar-refractivity contribution in [3.05, 3.63) is 83.9 Å². The van der Waals surface area contributed by atoms with Gasteiger partial charge in [0.05, 0.1) is 18.2 Å². The topological polar surface area (TPSA) is 106 Å². The number of hydrogen-bond donors (Lipinski definition) is 2. The smallest absolute Gasteiger partial charge is 0.245 e. The molecule has 0 unspecified atom stereocenters. The number of amides is 1. The predicted octanol–water partition coefficient (Wildman–Crippen LogP) is 6.75. The zero-order chi connectivity index (χ0) is 30.7. The highest BCUT2D eigenvalue weighted by atomic mass is 35.5. The monoisotopic (exact) mass is 606 g/mol. The molecular formula is C32H32ClFN4O5. The van der Waals surface area contributed by atoms with Gasteiger partial charge in [-0.2, -0.15) is 0 Å². The predicted molar refractivity (Wildman–Crippen MR) is 163 cm³/mol. The van der Waals surface area contributed by atoms with Crippen molar-refractivity contribution in [2.45, 2.75) is 38.4 Å². The largest absolute Gasteiger partial charge is 0.493 e. The molecule has 3 aromatic carbocycles. The number of likely N-dealkylation sites (tertiary alicyclic amines) is 1. The molecule has 0 saturated carbocycles. The number of halogens is 2. The molecule has 1 aromatic heterocycles. The van der Waals surface area contributed by atoms with Crippen molar-refractivity contribution in [1.29, 1.82) is 0 Å². The number of ether oxygens (including phenoxy) is 3. The van der Waals surface area contributed by atoms with Gasteiger partial charge in [-0.15, -0.1) is 0 Å². The quantitative estimate of drug-likeness (QED) is 0.202. The zero-order valence-corrected chi connectivity index (χ0v) is 24.8. The van der Waals surface area contributed by atoms with E-state index in [1.807, 2.05) is 6.07 Å². The first-order valence-corrected chi connectivity index (χ1v) is 14.1. The normalized spacial score (nSPS) is 14.0. The van der Waals surface area contributed by atoms with Gasteiger partial charge in [0, 0.05) is 59.7 Å². The molecule has 1 amide bonds. The Hall–Kier alpha value is -4.41. The Morgan fingerprint density at radius 3 is 2.56 bits per heavy atom. The molecule has 9 nitrogen and oxygen atoms in total. The fourth-order valence-corrected chi connectivity index (χ4v) is 5.18. The van der Waals surface area contributed by atoms with E-state index in [0.29, 0.717) is 71.2 Å². The highest BCUT2D eigenvalue weighted by molar-refractivity contribution is 6.30. The van der Waals surface area contributed by atoms with Crippen LogP contribution in [0.1, 0.15) is 32.3 Å². The molecule has 2 heterocycles. The fraction of sp³-hybridized carbons (Fsp3) is 0.281. The lowest BCUT2D eigenvalue weighted by Crippen LogP contribution is -2.41. The molecule has 43 heavy (non-hydrogen) atoms. The van der Waals surface area contributed by atoms with Crippen LogP contribution < -0.4 is 19.5 Å². The lowest BCUT2D eigenvalue weighted by molar-refractivity contribution is -0.127. The Morgan fingerprint density at radius 2 is 1.88 bits per heavy atom. The molecule has 0 aliphatic carbocycles. The van der Waals surface area contributed by atoms with E-state index in [1.54, 1.807) is 50.1 Å². The first-order chi connectivity index (χ1) is 20.5. The summed E-state index contributed by atoms with van der Waals surface area (Å²) in [4.78, 5) is 22.6. The highest BCUT2D eigenvalue weighted by Crippen LogP contribution is 2.39. The fourth-order valence-electron chi connectivity index (χ4n) is 4.97. The number of piperidine rings is 1. The minimum atomic E-state index is -1.27. The average Bonchev–Trinajstić information content (AvgIpc) is 2.97. The van der Waals surface area contributed by atoms with E-state index in [9.17, 15) is 14.3 Å². The summed E-state index contributed by atoms with van der Waals surface area (Å²) in [6.45, 7) is 8.02. The summed E-state index contributed by atoms with van der Waals surface area (Å²) in [5, 5.41) is 15.2. The SMILES string of the molecule is C=CC(=O)N1CCC(Oc2cc3c(Nc4ccc(Oc5cc(F)cc(Cl)c5)cc4C(C)(C)O)ncnc3cc2OC)CC1. The molecule has 1 saturated heterocycles. The molecule has 1 aliphatic rings. The Bertz CT molecular complexity index is 1650. The highest BCUT2D eigenvalue weighted by Gasteiger charge is 2.25. The number of fused-ring (bicyclic) bond motifs is 1. The van der Waals surface area contributed by atoms with Crippen molar-refractivity contribution in [1.82, 2.24) is 14.9 Å². The van der Waals surface area contributed by atoms with Crippen LogP contribution in [0.3, 0.4) is 0 Å². The molecular weight excluding hydrogens is 575 g/mol. The summed E-state index contributed by atoms with van der Waals surface area (Å²) >= 11 is 5.97. The molecule has 1 fully saturated rings. The molecule has 0 spiro atoms. The van der Waals surface area contributed by atoms with E-state index in [0.717, 1.165) is 0 Å². The number of hydrogen-bond acceptors (Lipinski definition) is 8. The lowest BCUT2D eigenvalue weighted by Gasteiger charge is -2.31. The Kier molecular flexibility index (Phi) is 8.70. The third-order valence-corrected chi connectivity index (χ3v) is 7.34. The average molecular weight is 607 g/mol. The molecule has 0 atom stereocenters. The van der Waals surface area contributed by atoms with Crippen molar-refractivity contribution in [3.8, 4) is 23.0 Å². The second kappa shape index (κ2) is 12.4. The summed E-state index contributed by atoms with van der Waals surface area (Å²) < 4.78 is 31.6. The standard InChI is InChI=1S/C32H32ClFN4O5/c1-5-30(39)38-10-8-21(9-11-38)43-29-16-24-27(17-28(29)41-4)35-18-36-31(24)37-26-7-6-22(15-25(26)32(2,3)40)42-23-13-19(33)12-20(34)14-23/h5-7,12-18,21,40H,1,8-11H2,2-4H3,(H,35,36,37). The van der Waals surface area contributed by atoms with Gasteiger partial charge in [0.2, 0.25) is 5.91 Å². The molecule has 4 aromatic rings. The number of nitrogens with one attached hydrogen (secondary N) is 1. The summed E-state index contributed by atoms with van der Waals surface area (Å²) in [6, 6.07) is 12.6. The molecule has 224 valence electrons. The number of aromatic nitrogens is 2. The Morgan fingerprint density at radius 1 is 1.12 bits per heavy atom. The van der Waals surface area contributed by atoms with E-state index in [1.165, 1.54) is 30.6 Å². The van der Waals surface area contributed by atoms with Crippen LogP contribution in [-0.2, 0) is 10.4 Å². The molecule has 11 heteroatoms.